The maximum absolute atomic E-state index is 13.6. The Morgan fingerprint density at radius 2 is 1.88 bits per heavy atom. The van der Waals surface area contributed by atoms with Crippen LogP contribution in [0.25, 0.3) is 10.4 Å². The number of sulfone groups is 1. The molecule has 0 radical (unpaired) electrons. The molecular weight excluding hydrogens is 584 g/mol. The van der Waals surface area contributed by atoms with Gasteiger partial charge in [-0.25, -0.2) is 22.2 Å². The number of benzene rings is 2. The van der Waals surface area contributed by atoms with Crippen LogP contribution < -0.4 is 15.8 Å². The van der Waals surface area contributed by atoms with Gasteiger partial charge in [0.1, 0.15) is 17.8 Å². The Kier molecular flexibility index (Phi) is 9.43. The van der Waals surface area contributed by atoms with Crippen LogP contribution in [0.4, 0.5) is 4.39 Å². The molecule has 17 heteroatoms. The first-order valence-corrected chi connectivity index (χ1v) is 15.2. The standard InChI is InChI=1S/C24H25FN5O9PS/c1-16-14-30(24(32)27-23(16)31)22-13-20(28-29-26)21(38-22)15-37-40(33,39-18-9-7-17(25)8-10-18)36-11-12-41(34,35)19-5-3-2-4-6-19/h2-10,14,20-22H,11-13,15H2,1H3,(H,27,31,32)/t20?,21-,22-,40?/m1/s1. The number of ether oxygens (including phenoxy) is 1. The fraction of sp³-hybridized carbons (Fsp3) is 0.333. The number of phosphoric ester groups is 1. The highest BCUT2D eigenvalue weighted by atomic mass is 32.2. The second kappa shape index (κ2) is 12.8. The Morgan fingerprint density at radius 3 is 2.56 bits per heavy atom. The van der Waals surface area contributed by atoms with Crippen LogP contribution in [0.2, 0.25) is 0 Å². The topological polar surface area (TPSA) is 192 Å². The van der Waals surface area contributed by atoms with E-state index in [2.05, 4.69) is 15.0 Å². The minimum atomic E-state index is -4.57. The number of halogens is 1. The number of azide groups is 1. The van der Waals surface area contributed by atoms with Crippen LogP contribution >= 0.6 is 7.82 Å². The Bertz CT molecular complexity index is 1690. The molecule has 2 aromatic carbocycles. The second-order valence-corrected chi connectivity index (χ2v) is 12.6. The lowest BCUT2D eigenvalue weighted by atomic mass is 10.1. The highest BCUT2D eigenvalue weighted by Gasteiger charge is 2.39. The Labute approximate surface area is 232 Å². The molecule has 4 atom stereocenters. The van der Waals surface area contributed by atoms with Gasteiger partial charge in [0.05, 0.1) is 36.0 Å². The van der Waals surface area contributed by atoms with E-state index in [1.165, 1.54) is 37.4 Å². The lowest BCUT2D eigenvalue weighted by Crippen LogP contribution is -2.33. The van der Waals surface area contributed by atoms with Crippen molar-refractivity contribution in [2.24, 2.45) is 5.11 Å². The summed E-state index contributed by atoms with van der Waals surface area (Å²) in [4.78, 5) is 29.0. The Hall–Kier alpha value is -3.78. The molecular formula is C24H25FN5O9PS. The molecule has 218 valence electrons. The van der Waals surface area contributed by atoms with Crippen LogP contribution in [0.5, 0.6) is 5.75 Å². The van der Waals surface area contributed by atoms with Crippen LogP contribution in [0, 0.1) is 12.7 Å². The van der Waals surface area contributed by atoms with Gasteiger partial charge in [0.25, 0.3) is 5.56 Å². The lowest BCUT2D eigenvalue weighted by Gasteiger charge is -2.22. The third kappa shape index (κ3) is 7.70. The van der Waals surface area contributed by atoms with Crippen molar-refractivity contribution in [3.8, 4) is 5.75 Å². The van der Waals surface area contributed by atoms with E-state index in [9.17, 15) is 27.0 Å². The lowest BCUT2D eigenvalue weighted by molar-refractivity contribution is -0.0277. The number of nitrogens with one attached hydrogen (secondary N) is 1. The van der Waals surface area contributed by atoms with Crippen LogP contribution in [-0.4, -0.2) is 49.1 Å². The van der Waals surface area contributed by atoms with Crippen molar-refractivity contribution in [2.75, 3.05) is 19.0 Å². The smallest absolute Gasteiger partial charge is 0.404 e. The summed E-state index contributed by atoms with van der Waals surface area (Å²) in [6, 6.07) is 11.1. The normalized spacial score (nSPS) is 20.2. The zero-order valence-electron chi connectivity index (χ0n) is 21.5. The van der Waals surface area contributed by atoms with Gasteiger partial charge in [-0.15, -0.1) is 0 Å². The molecule has 2 heterocycles. The van der Waals surface area contributed by atoms with Crippen LogP contribution in [-0.2, 0) is 28.2 Å². The predicted molar refractivity (Wildman–Crippen MR) is 143 cm³/mol. The van der Waals surface area contributed by atoms with Gasteiger partial charge in [-0.3, -0.25) is 23.4 Å². The molecule has 41 heavy (non-hydrogen) atoms. The molecule has 0 aliphatic carbocycles. The van der Waals surface area contributed by atoms with Gasteiger partial charge in [-0.1, -0.05) is 23.3 Å². The van der Waals surface area contributed by atoms with Gasteiger partial charge in [0.15, 0.2) is 9.84 Å². The summed E-state index contributed by atoms with van der Waals surface area (Å²) in [6.07, 6.45) is -0.697. The first-order valence-electron chi connectivity index (χ1n) is 12.1. The van der Waals surface area contributed by atoms with Crippen molar-refractivity contribution in [2.45, 2.75) is 36.6 Å². The van der Waals surface area contributed by atoms with Gasteiger partial charge < -0.3 is 9.26 Å². The molecule has 1 fully saturated rings. The number of nitrogens with zero attached hydrogens (tertiary/aromatic N) is 4. The Balaban J connectivity index is 1.51. The third-order valence-electron chi connectivity index (χ3n) is 5.99. The molecule has 1 saturated heterocycles. The first kappa shape index (κ1) is 30.2. The molecule has 0 bridgehead atoms. The zero-order valence-corrected chi connectivity index (χ0v) is 23.2. The summed E-state index contributed by atoms with van der Waals surface area (Å²) < 4.78 is 75.4. The van der Waals surface area contributed by atoms with E-state index in [0.717, 1.165) is 16.7 Å². The number of hydrogen-bond donors (Lipinski definition) is 1. The van der Waals surface area contributed by atoms with Crippen molar-refractivity contribution in [1.29, 1.82) is 0 Å². The maximum Gasteiger partial charge on any atom is 0.530 e. The summed E-state index contributed by atoms with van der Waals surface area (Å²) in [7, 11) is -8.37. The minimum absolute atomic E-state index is 0.0166. The van der Waals surface area contributed by atoms with Crippen molar-refractivity contribution in [3.63, 3.8) is 0 Å². The highest BCUT2D eigenvalue weighted by molar-refractivity contribution is 7.91. The molecule has 2 unspecified atom stereocenters. The first-order chi connectivity index (χ1) is 19.5. The van der Waals surface area contributed by atoms with Crippen molar-refractivity contribution >= 4 is 17.7 Å². The van der Waals surface area contributed by atoms with Gasteiger partial charge in [-0.05, 0) is 48.9 Å². The van der Waals surface area contributed by atoms with E-state index < -0.39 is 72.1 Å². The number of H-pyrrole nitrogens is 1. The molecule has 3 aromatic rings. The van der Waals surface area contributed by atoms with Crippen LogP contribution in [0.1, 0.15) is 18.2 Å². The summed E-state index contributed by atoms with van der Waals surface area (Å²) in [5.41, 5.74) is 7.94. The van der Waals surface area contributed by atoms with Crippen molar-refractivity contribution in [3.05, 3.63) is 103 Å². The van der Waals surface area contributed by atoms with Crippen molar-refractivity contribution < 1.29 is 35.7 Å². The number of phosphoric acid groups is 1. The zero-order chi connectivity index (χ0) is 29.6. The molecule has 1 aliphatic heterocycles. The van der Waals surface area contributed by atoms with E-state index in [4.69, 9.17) is 23.8 Å². The number of rotatable bonds is 12. The molecule has 1 aromatic heterocycles. The predicted octanol–water partition coefficient (Wildman–Crippen LogP) is 3.64. The number of aromatic amines is 1. The van der Waals surface area contributed by atoms with E-state index >= 15 is 0 Å². The molecule has 0 spiro atoms. The Morgan fingerprint density at radius 1 is 1.17 bits per heavy atom. The summed E-state index contributed by atoms with van der Waals surface area (Å²) in [5.74, 6) is -1.24. The van der Waals surface area contributed by atoms with Gasteiger partial charge in [0.2, 0.25) is 0 Å². The van der Waals surface area contributed by atoms with Gasteiger partial charge in [0, 0.05) is 23.1 Å². The largest absolute Gasteiger partial charge is 0.530 e. The van der Waals surface area contributed by atoms with Gasteiger partial charge >= 0.3 is 13.5 Å². The van der Waals surface area contributed by atoms with E-state index in [1.54, 1.807) is 18.2 Å². The number of hydrogen-bond acceptors (Lipinski definition) is 10. The van der Waals surface area contributed by atoms with Crippen LogP contribution in [0.3, 0.4) is 0 Å². The third-order valence-corrected chi connectivity index (χ3v) is 9.08. The summed E-state index contributed by atoms with van der Waals surface area (Å²) in [5, 5.41) is 3.67. The van der Waals surface area contributed by atoms with E-state index in [-0.39, 0.29) is 22.6 Å². The quantitative estimate of drug-likeness (QED) is 0.138. The average Bonchev–Trinajstić information content (AvgIpc) is 3.34. The highest BCUT2D eigenvalue weighted by Crippen LogP contribution is 2.50. The molecule has 0 saturated carbocycles. The average molecular weight is 610 g/mol. The second-order valence-electron chi connectivity index (χ2n) is 8.87. The van der Waals surface area contributed by atoms with Crippen molar-refractivity contribution in [1.82, 2.24) is 9.55 Å². The fourth-order valence-corrected chi connectivity index (χ4v) is 6.35. The minimum Gasteiger partial charge on any atom is -0.404 e. The molecule has 1 aliphatic rings. The molecule has 0 amide bonds. The van der Waals surface area contributed by atoms with Crippen LogP contribution in [0.15, 0.2) is 80.4 Å². The summed E-state index contributed by atoms with van der Waals surface area (Å²) in [6.45, 7) is 0.379. The number of aromatic nitrogens is 2. The summed E-state index contributed by atoms with van der Waals surface area (Å²) >= 11 is 0. The fourth-order valence-electron chi connectivity index (χ4n) is 3.91. The SMILES string of the molecule is Cc1cn([C@H]2CC(N=[N+]=[N-])[C@@H](COP(=O)(OCCS(=O)(=O)c3ccccc3)Oc3ccc(F)cc3)O2)c(=O)[nH]c1=O. The molecule has 4 rings (SSSR count). The monoisotopic (exact) mass is 609 g/mol. The number of aryl methyl sites for hydroxylation is 1. The molecule has 1 N–H and O–H groups in total. The maximum atomic E-state index is 13.6. The van der Waals surface area contributed by atoms with E-state index in [1.807, 2.05) is 0 Å². The van der Waals surface area contributed by atoms with E-state index in [0.29, 0.717) is 0 Å². The molecule has 14 nitrogen and oxygen atoms in total. The van der Waals surface area contributed by atoms with Gasteiger partial charge in [-0.2, -0.15) is 0 Å².